The molecule has 12 heavy (non-hydrogen) atoms. The van der Waals surface area contributed by atoms with E-state index >= 15 is 0 Å². The van der Waals surface area contributed by atoms with E-state index in [4.69, 9.17) is 0 Å². The first-order valence-electron chi connectivity index (χ1n) is 3.65. The summed E-state index contributed by atoms with van der Waals surface area (Å²) in [7, 11) is 8.96. The van der Waals surface area contributed by atoms with Gasteiger partial charge in [0.15, 0.2) is 0 Å². The van der Waals surface area contributed by atoms with Crippen molar-refractivity contribution in [2.45, 2.75) is 0 Å². The average molecular weight is 196 g/mol. The molecule has 0 aliphatic heterocycles. The molecule has 0 aromatic heterocycles. The standard InChI is InChI=1S/C6H18FN4P/c1-8(2)10(5)12(7)11(6)9(3)4/h1-6H3. The highest BCUT2D eigenvalue weighted by molar-refractivity contribution is 7.46. The first-order valence-corrected chi connectivity index (χ1v) is 4.79. The van der Waals surface area contributed by atoms with Crippen LogP contribution in [0.25, 0.3) is 0 Å². The quantitative estimate of drug-likeness (QED) is 0.491. The number of rotatable bonds is 4. The van der Waals surface area contributed by atoms with E-state index in [-0.39, 0.29) is 0 Å². The van der Waals surface area contributed by atoms with Crippen LogP contribution < -0.4 is 0 Å². The molecule has 0 aliphatic rings. The maximum absolute atomic E-state index is 13.5. The van der Waals surface area contributed by atoms with E-state index in [1.807, 2.05) is 28.2 Å². The molecule has 74 valence electrons. The summed E-state index contributed by atoms with van der Waals surface area (Å²) >= 11 is 0. The molecule has 0 aromatic carbocycles. The van der Waals surface area contributed by atoms with Gasteiger partial charge in [0.25, 0.3) is 8.53 Å². The van der Waals surface area contributed by atoms with E-state index in [0.29, 0.717) is 0 Å². The largest absolute Gasteiger partial charge is 0.264 e. The fourth-order valence-electron chi connectivity index (χ4n) is 0.483. The highest BCUT2D eigenvalue weighted by atomic mass is 31.2. The minimum atomic E-state index is -1.76. The van der Waals surface area contributed by atoms with Gasteiger partial charge in [-0.1, -0.05) is 0 Å². The lowest BCUT2D eigenvalue weighted by atomic mass is 11.1. The van der Waals surface area contributed by atoms with E-state index in [2.05, 4.69) is 0 Å². The Bertz CT molecular complexity index is 119. The number of hydrogen-bond acceptors (Lipinski definition) is 4. The molecular weight excluding hydrogens is 178 g/mol. The smallest absolute Gasteiger partial charge is 0.241 e. The van der Waals surface area contributed by atoms with Crippen molar-refractivity contribution >= 4 is 8.53 Å². The van der Waals surface area contributed by atoms with Gasteiger partial charge in [0, 0.05) is 42.3 Å². The van der Waals surface area contributed by atoms with Gasteiger partial charge in [-0.25, -0.2) is 10.0 Å². The average Bonchev–Trinajstić information content (AvgIpc) is 2.00. The van der Waals surface area contributed by atoms with Gasteiger partial charge in [0.2, 0.25) is 0 Å². The van der Waals surface area contributed by atoms with Crippen molar-refractivity contribution in [1.29, 1.82) is 0 Å². The molecule has 0 amide bonds. The molecule has 4 nitrogen and oxygen atoms in total. The van der Waals surface area contributed by atoms with Gasteiger partial charge in [0.05, 0.1) is 0 Å². The molecule has 6 heteroatoms. The summed E-state index contributed by atoms with van der Waals surface area (Å²) in [5.74, 6) is 0. The molecule has 0 spiro atoms. The Hall–Kier alpha value is 0.200. The van der Waals surface area contributed by atoms with Crippen molar-refractivity contribution in [3.05, 3.63) is 0 Å². The van der Waals surface area contributed by atoms with Crippen LogP contribution in [0.3, 0.4) is 0 Å². The fraction of sp³-hybridized carbons (Fsp3) is 1.00. The number of halogens is 1. The van der Waals surface area contributed by atoms with Crippen LogP contribution in [0, 0.1) is 0 Å². The Morgan fingerprint density at radius 3 is 1.17 bits per heavy atom. The second kappa shape index (κ2) is 5.04. The van der Waals surface area contributed by atoms with Crippen LogP contribution >= 0.6 is 8.53 Å². The van der Waals surface area contributed by atoms with Gasteiger partial charge in [-0.3, -0.25) is 0 Å². The van der Waals surface area contributed by atoms with Gasteiger partial charge < -0.3 is 0 Å². The zero-order chi connectivity index (χ0) is 9.89. The van der Waals surface area contributed by atoms with Crippen LogP contribution in [0.5, 0.6) is 0 Å². The molecule has 0 aromatic rings. The molecule has 0 rings (SSSR count). The molecule has 0 saturated heterocycles. The van der Waals surface area contributed by atoms with E-state index < -0.39 is 8.53 Å². The molecule has 0 bridgehead atoms. The summed E-state index contributed by atoms with van der Waals surface area (Å²) in [5, 5.41) is 3.46. The van der Waals surface area contributed by atoms with E-state index in [1.165, 1.54) is 0 Å². The summed E-state index contributed by atoms with van der Waals surface area (Å²) in [6, 6.07) is 0. The lowest BCUT2D eigenvalue weighted by Crippen LogP contribution is -2.37. The molecule has 0 heterocycles. The third kappa shape index (κ3) is 3.29. The molecule has 0 radical (unpaired) electrons. The first kappa shape index (κ1) is 12.2. The molecule has 0 fully saturated rings. The molecule has 0 saturated carbocycles. The number of hydrazine groups is 2. The second-order valence-electron chi connectivity index (χ2n) is 2.91. The lowest BCUT2D eigenvalue weighted by Gasteiger charge is -2.34. The summed E-state index contributed by atoms with van der Waals surface area (Å²) in [4.78, 5) is 0. The molecule has 0 N–H and O–H groups in total. The van der Waals surface area contributed by atoms with Crippen molar-refractivity contribution < 1.29 is 4.20 Å². The SMILES string of the molecule is CN(C)N(C)P(F)N(C)N(C)C. The Balaban J connectivity index is 4.08. The van der Waals surface area contributed by atoms with E-state index in [9.17, 15) is 4.20 Å². The summed E-state index contributed by atoms with van der Waals surface area (Å²) in [6.07, 6.45) is 0. The van der Waals surface area contributed by atoms with Gasteiger partial charge in [0.1, 0.15) is 0 Å². The van der Waals surface area contributed by atoms with Crippen LogP contribution in [0.15, 0.2) is 0 Å². The first-order chi connectivity index (χ1) is 5.37. The summed E-state index contributed by atoms with van der Waals surface area (Å²) in [5.41, 5.74) is 0. The molecule has 0 unspecified atom stereocenters. The zero-order valence-electron chi connectivity index (χ0n) is 8.61. The Kier molecular flexibility index (Phi) is 5.13. The van der Waals surface area contributed by atoms with Crippen LogP contribution in [0.1, 0.15) is 0 Å². The minimum Gasteiger partial charge on any atom is -0.241 e. The summed E-state index contributed by atoms with van der Waals surface area (Å²) < 4.78 is 16.7. The minimum absolute atomic E-state index is 1.56. The fourth-order valence-corrected chi connectivity index (χ4v) is 1.45. The highest BCUT2D eigenvalue weighted by Gasteiger charge is 2.22. The van der Waals surface area contributed by atoms with Crippen molar-refractivity contribution in [2.75, 3.05) is 42.3 Å². The van der Waals surface area contributed by atoms with Gasteiger partial charge >= 0.3 is 0 Å². The Morgan fingerprint density at radius 2 is 1.00 bits per heavy atom. The topological polar surface area (TPSA) is 13.0 Å². The van der Waals surface area contributed by atoms with Crippen LogP contribution in [0.2, 0.25) is 0 Å². The van der Waals surface area contributed by atoms with Gasteiger partial charge in [-0.2, -0.15) is 13.8 Å². The van der Waals surface area contributed by atoms with E-state index in [0.717, 1.165) is 0 Å². The second-order valence-corrected chi connectivity index (χ2v) is 4.55. The zero-order valence-corrected chi connectivity index (χ0v) is 9.51. The Labute approximate surface area is 75.4 Å². The van der Waals surface area contributed by atoms with Gasteiger partial charge in [-0.15, -0.1) is 0 Å². The molecular formula is C6H18FN4P. The Morgan fingerprint density at radius 1 is 0.750 bits per heavy atom. The third-order valence-corrected chi connectivity index (χ3v) is 3.31. The lowest BCUT2D eigenvalue weighted by molar-refractivity contribution is 0.103. The maximum Gasteiger partial charge on any atom is 0.264 e. The van der Waals surface area contributed by atoms with Crippen molar-refractivity contribution in [3.8, 4) is 0 Å². The van der Waals surface area contributed by atoms with E-state index in [1.54, 1.807) is 33.7 Å². The van der Waals surface area contributed by atoms with Crippen LogP contribution in [-0.4, -0.2) is 61.9 Å². The van der Waals surface area contributed by atoms with Crippen LogP contribution in [-0.2, 0) is 0 Å². The predicted octanol–water partition coefficient (Wildman–Crippen LogP) is 1.000. The predicted molar refractivity (Wildman–Crippen MR) is 50.9 cm³/mol. The number of hydrogen-bond donors (Lipinski definition) is 0. The molecule has 0 aliphatic carbocycles. The van der Waals surface area contributed by atoms with Crippen molar-refractivity contribution in [2.24, 2.45) is 0 Å². The normalized spacial score (nSPS) is 13.0. The van der Waals surface area contributed by atoms with Crippen LogP contribution in [0.4, 0.5) is 4.20 Å². The third-order valence-electron chi connectivity index (χ3n) is 1.64. The van der Waals surface area contributed by atoms with Crippen molar-refractivity contribution in [1.82, 2.24) is 19.6 Å². The summed E-state index contributed by atoms with van der Waals surface area (Å²) in [6.45, 7) is 0. The highest BCUT2D eigenvalue weighted by Crippen LogP contribution is 2.43. The maximum atomic E-state index is 13.5. The monoisotopic (exact) mass is 196 g/mol. The number of nitrogens with zero attached hydrogens (tertiary/aromatic N) is 4. The van der Waals surface area contributed by atoms with Crippen molar-refractivity contribution in [3.63, 3.8) is 0 Å². The molecule has 0 atom stereocenters. The van der Waals surface area contributed by atoms with Gasteiger partial charge in [-0.05, 0) is 0 Å².